The normalized spacial score (nSPS) is 22.0. The second-order valence-corrected chi connectivity index (χ2v) is 6.22. The third-order valence-corrected chi connectivity index (χ3v) is 3.11. The van der Waals surface area contributed by atoms with E-state index in [1.54, 1.807) is 27.7 Å². The molecule has 1 rings (SSSR count). The Morgan fingerprint density at radius 3 is 2.36 bits per heavy atom. The van der Waals surface area contributed by atoms with Crippen molar-refractivity contribution >= 4 is 18.0 Å². The average molecular weight is 315 g/mol. The van der Waals surface area contributed by atoms with E-state index in [2.05, 4.69) is 0 Å². The largest absolute Gasteiger partial charge is 0.466 e. The summed E-state index contributed by atoms with van der Waals surface area (Å²) in [5.41, 5.74) is -0.608. The molecule has 1 amide bonds. The molecule has 1 saturated heterocycles. The van der Waals surface area contributed by atoms with Gasteiger partial charge in [0.15, 0.2) is 0 Å². The van der Waals surface area contributed by atoms with Crippen LogP contribution in [0.1, 0.15) is 41.0 Å². The highest BCUT2D eigenvalue weighted by atomic mass is 16.6. The van der Waals surface area contributed by atoms with E-state index in [1.165, 1.54) is 11.8 Å². The van der Waals surface area contributed by atoms with Gasteiger partial charge in [-0.05, 0) is 27.7 Å². The molecule has 22 heavy (non-hydrogen) atoms. The molecule has 0 unspecified atom stereocenters. The zero-order valence-electron chi connectivity index (χ0n) is 13.9. The summed E-state index contributed by atoms with van der Waals surface area (Å²) in [7, 11) is 0. The number of rotatable bonds is 3. The molecule has 1 heterocycles. The van der Waals surface area contributed by atoms with Gasteiger partial charge in [0.25, 0.3) is 0 Å². The molecular formula is C15H25NO6. The Morgan fingerprint density at radius 2 is 1.86 bits per heavy atom. The summed E-state index contributed by atoms with van der Waals surface area (Å²) in [5, 5.41) is 0. The predicted molar refractivity (Wildman–Crippen MR) is 78.1 cm³/mol. The molecule has 0 saturated carbocycles. The van der Waals surface area contributed by atoms with Crippen molar-refractivity contribution in [3.05, 3.63) is 0 Å². The van der Waals surface area contributed by atoms with Gasteiger partial charge in [0, 0.05) is 26.4 Å². The lowest BCUT2D eigenvalue weighted by atomic mass is 9.94. The zero-order chi connectivity index (χ0) is 16.9. The van der Waals surface area contributed by atoms with Crippen molar-refractivity contribution in [1.29, 1.82) is 0 Å². The van der Waals surface area contributed by atoms with Gasteiger partial charge in [0.2, 0.25) is 0 Å². The van der Waals surface area contributed by atoms with Crippen LogP contribution >= 0.6 is 0 Å². The van der Waals surface area contributed by atoms with Gasteiger partial charge >= 0.3 is 18.0 Å². The maximum atomic E-state index is 12.1. The molecule has 0 aromatic rings. The molecule has 1 aliphatic heterocycles. The average Bonchev–Trinajstić information content (AvgIpc) is 2.36. The molecule has 1 aliphatic rings. The van der Waals surface area contributed by atoms with Gasteiger partial charge < -0.3 is 19.1 Å². The minimum Gasteiger partial charge on any atom is -0.466 e. The Bertz CT molecular complexity index is 428. The van der Waals surface area contributed by atoms with Crippen molar-refractivity contribution in [3.8, 4) is 0 Å². The van der Waals surface area contributed by atoms with Gasteiger partial charge in [-0.2, -0.15) is 0 Å². The lowest BCUT2D eigenvalue weighted by Crippen LogP contribution is -2.51. The molecule has 0 aliphatic carbocycles. The lowest BCUT2D eigenvalue weighted by molar-refractivity contribution is -0.164. The standard InChI is InChI=1S/C15H25NO6/c1-6-20-13(18)11-9-16(14(19)22-15(3,4)5)8-7-12(11)21-10(2)17/h11-12H,6-9H2,1-5H3/t11-,12+/m1/s1. The van der Waals surface area contributed by atoms with Crippen LogP contribution < -0.4 is 0 Å². The van der Waals surface area contributed by atoms with Gasteiger partial charge in [0.1, 0.15) is 17.6 Å². The van der Waals surface area contributed by atoms with Crippen molar-refractivity contribution < 1.29 is 28.6 Å². The Kier molecular flexibility index (Phi) is 6.20. The number of hydrogen-bond donors (Lipinski definition) is 0. The van der Waals surface area contributed by atoms with Crippen molar-refractivity contribution in [1.82, 2.24) is 4.90 Å². The second-order valence-electron chi connectivity index (χ2n) is 6.22. The van der Waals surface area contributed by atoms with Gasteiger partial charge in [-0.15, -0.1) is 0 Å². The number of carbonyl (C=O) groups is 3. The minimum absolute atomic E-state index is 0.117. The van der Waals surface area contributed by atoms with E-state index in [9.17, 15) is 14.4 Å². The predicted octanol–water partition coefficient (Wildman–Crippen LogP) is 1.74. The summed E-state index contributed by atoms with van der Waals surface area (Å²) in [4.78, 5) is 36.8. The molecule has 126 valence electrons. The van der Waals surface area contributed by atoms with Crippen LogP contribution in [0.4, 0.5) is 4.79 Å². The Hall–Kier alpha value is -1.79. The molecule has 7 nitrogen and oxygen atoms in total. The SMILES string of the molecule is CCOC(=O)[C@@H]1CN(C(=O)OC(C)(C)C)CC[C@@H]1OC(C)=O. The molecule has 0 N–H and O–H groups in total. The van der Waals surface area contributed by atoms with E-state index in [0.717, 1.165) is 0 Å². The first-order chi connectivity index (χ1) is 10.1. The van der Waals surface area contributed by atoms with E-state index in [1.807, 2.05) is 0 Å². The second kappa shape index (κ2) is 7.47. The fourth-order valence-electron chi connectivity index (χ4n) is 2.25. The summed E-state index contributed by atoms with van der Waals surface area (Å²) in [5.74, 6) is -1.61. The van der Waals surface area contributed by atoms with Crippen LogP contribution in [0, 0.1) is 5.92 Å². The molecule has 0 bridgehead atoms. The van der Waals surface area contributed by atoms with Gasteiger partial charge in [-0.1, -0.05) is 0 Å². The molecular weight excluding hydrogens is 290 g/mol. The highest BCUT2D eigenvalue weighted by Crippen LogP contribution is 2.23. The smallest absolute Gasteiger partial charge is 0.410 e. The van der Waals surface area contributed by atoms with Gasteiger partial charge in [-0.25, -0.2) is 4.79 Å². The van der Waals surface area contributed by atoms with Crippen molar-refractivity contribution in [2.24, 2.45) is 5.92 Å². The maximum absolute atomic E-state index is 12.1. The number of piperidine rings is 1. The number of likely N-dealkylation sites (tertiary alicyclic amines) is 1. The maximum Gasteiger partial charge on any atom is 0.410 e. The zero-order valence-corrected chi connectivity index (χ0v) is 13.9. The third-order valence-electron chi connectivity index (χ3n) is 3.11. The highest BCUT2D eigenvalue weighted by Gasteiger charge is 2.40. The van der Waals surface area contributed by atoms with Crippen LogP contribution in [-0.2, 0) is 23.8 Å². The van der Waals surface area contributed by atoms with Crippen LogP contribution in [0.3, 0.4) is 0 Å². The van der Waals surface area contributed by atoms with Gasteiger partial charge in [-0.3, -0.25) is 9.59 Å². The summed E-state index contributed by atoms with van der Waals surface area (Å²) in [6, 6.07) is 0. The number of carbonyl (C=O) groups excluding carboxylic acids is 3. The molecule has 7 heteroatoms. The quantitative estimate of drug-likeness (QED) is 0.583. The Morgan fingerprint density at radius 1 is 1.23 bits per heavy atom. The lowest BCUT2D eigenvalue weighted by Gasteiger charge is -2.37. The monoisotopic (exact) mass is 315 g/mol. The van der Waals surface area contributed by atoms with E-state index in [0.29, 0.717) is 13.0 Å². The van der Waals surface area contributed by atoms with Crippen LogP contribution in [0.15, 0.2) is 0 Å². The van der Waals surface area contributed by atoms with Crippen molar-refractivity contribution in [2.45, 2.75) is 52.7 Å². The molecule has 1 fully saturated rings. The Balaban J connectivity index is 2.78. The fraction of sp³-hybridized carbons (Fsp3) is 0.800. The number of nitrogens with zero attached hydrogens (tertiary/aromatic N) is 1. The molecule has 0 aromatic heterocycles. The number of esters is 2. The first-order valence-electron chi connectivity index (χ1n) is 7.45. The molecule has 0 spiro atoms. The van der Waals surface area contributed by atoms with Crippen LogP contribution in [0.5, 0.6) is 0 Å². The van der Waals surface area contributed by atoms with Crippen LogP contribution in [0.2, 0.25) is 0 Å². The summed E-state index contributed by atoms with van der Waals surface area (Å²) in [6.07, 6.45) is -0.680. The number of amides is 1. The van der Waals surface area contributed by atoms with Crippen LogP contribution in [0.25, 0.3) is 0 Å². The fourth-order valence-corrected chi connectivity index (χ4v) is 2.25. The third kappa shape index (κ3) is 5.54. The highest BCUT2D eigenvalue weighted by molar-refractivity contribution is 5.76. The minimum atomic E-state index is -0.690. The van der Waals surface area contributed by atoms with Crippen molar-refractivity contribution in [3.63, 3.8) is 0 Å². The molecule has 2 atom stereocenters. The summed E-state index contributed by atoms with van der Waals surface area (Å²) < 4.78 is 15.5. The van der Waals surface area contributed by atoms with E-state index >= 15 is 0 Å². The van der Waals surface area contributed by atoms with Crippen LogP contribution in [-0.4, -0.2) is 54.3 Å². The Labute approximate surface area is 130 Å². The van der Waals surface area contributed by atoms with Crippen molar-refractivity contribution in [2.75, 3.05) is 19.7 Å². The van der Waals surface area contributed by atoms with E-state index < -0.39 is 35.7 Å². The van der Waals surface area contributed by atoms with Gasteiger partial charge in [0.05, 0.1) is 6.61 Å². The first kappa shape index (κ1) is 18.3. The van der Waals surface area contributed by atoms with E-state index in [4.69, 9.17) is 14.2 Å². The molecule has 0 radical (unpaired) electrons. The molecule has 0 aromatic carbocycles. The first-order valence-corrected chi connectivity index (χ1v) is 7.45. The van der Waals surface area contributed by atoms with E-state index in [-0.39, 0.29) is 13.2 Å². The summed E-state index contributed by atoms with van der Waals surface area (Å²) in [6.45, 7) is 9.04. The number of ether oxygens (including phenoxy) is 3. The topological polar surface area (TPSA) is 82.1 Å². The summed E-state index contributed by atoms with van der Waals surface area (Å²) >= 11 is 0. The number of hydrogen-bond acceptors (Lipinski definition) is 6.